The highest BCUT2D eigenvalue weighted by molar-refractivity contribution is 7.98. The Labute approximate surface area is 119 Å². The number of thioether (sulfide) groups is 1. The Kier molecular flexibility index (Phi) is 5.40. The fourth-order valence-corrected chi connectivity index (χ4v) is 2.56. The molecule has 0 spiro atoms. The van der Waals surface area contributed by atoms with E-state index in [1.165, 1.54) is 0 Å². The molecule has 1 amide bonds. The lowest BCUT2D eigenvalue weighted by atomic mass is 9.96. The number of H-pyrrole nitrogens is 1. The van der Waals surface area contributed by atoms with Crippen molar-refractivity contribution in [1.82, 2.24) is 20.1 Å². The monoisotopic (exact) mass is 284 g/mol. The third-order valence-electron chi connectivity index (χ3n) is 3.09. The molecule has 0 fully saturated rings. The molecule has 6 heteroatoms. The lowest BCUT2D eigenvalue weighted by Crippen LogP contribution is -2.38. The van der Waals surface area contributed by atoms with Crippen LogP contribution in [0.25, 0.3) is 0 Å². The van der Waals surface area contributed by atoms with Gasteiger partial charge in [0.15, 0.2) is 0 Å². The van der Waals surface area contributed by atoms with Crippen molar-refractivity contribution in [3.05, 3.63) is 11.6 Å². The van der Waals surface area contributed by atoms with Gasteiger partial charge in [0, 0.05) is 24.3 Å². The van der Waals surface area contributed by atoms with E-state index in [-0.39, 0.29) is 23.2 Å². The van der Waals surface area contributed by atoms with Crippen LogP contribution in [-0.4, -0.2) is 51.1 Å². The first-order valence-corrected chi connectivity index (χ1v) is 7.89. The van der Waals surface area contributed by atoms with Gasteiger partial charge in [0.25, 0.3) is 5.91 Å². The molecule has 1 atom stereocenters. The molecule has 1 aromatic rings. The topological polar surface area (TPSA) is 61.9 Å². The minimum absolute atomic E-state index is 0.118. The number of rotatable bonds is 5. The van der Waals surface area contributed by atoms with Gasteiger partial charge in [0.2, 0.25) is 5.82 Å². The van der Waals surface area contributed by atoms with Gasteiger partial charge in [-0.05, 0) is 12.7 Å². The minimum atomic E-state index is -0.131. The quantitative estimate of drug-likeness (QED) is 0.901. The number of amides is 1. The summed E-state index contributed by atoms with van der Waals surface area (Å²) in [6, 6.07) is 0.221. The first-order chi connectivity index (χ1) is 8.81. The van der Waals surface area contributed by atoms with Gasteiger partial charge >= 0.3 is 0 Å². The van der Waals surface area contributed by atoms with E-state index in [0.29, 0.717) is 0 Å². The third-order valence-corrected chi connectivity index (χ3v) is 3.80. The lowest BCUT2D eigenvalue weighted by molar-refractivity contribution is 0.0731. The summed E-state index contributed by atoms with van der Waals surface area (Å²) in [5.41, 5.74) is -0.131. The van der Waals surface area contributed by atoms with Crippen LogP contribution in [0.1, 0.15) is 50.6 Å². The van der Waals surface area contributed by atoms with Crippen LogP contribution < -0.4 is 0 Å². The molecule has 1 aromatic heterocycles. The molecule has 5 nitrogen and oxygen atoms in total. The standard InChI is InChI=1S/C13H24N4OS/c1-7-9(8-19-6)17(5)11(18)10-14-12(16-15-10)13(2,3)4/h9H,7-8H2,1-6H3,(H,14,15,16). The summed E-state index contributed by atoms with van der Waals surface area (Å²) in [6.45, 7) is 8.19. The Morgan fingerprint density at radius 2 is 2.11 bits per heavy atom. The SMILES string of the molecule is CCC(CSC)N(C)C(=O)c1n[nH]c(C(C)(C)C)n1. The number of hydrogen-bond acceptors (Lipinski definition) is 4. The van der Waals surface area contributed by atoms with Crippen LogP contribution in [0.3, 0.4) is 0 Å². The van der Waals surface area contributed by atoms with Crippen molar-refractivity contribution in [3.8, 4) is 0 Å². The first kappa shape index (κ1) is 16.0. The fraction of sp³-hybridized carbons (Fsp3) is 0.769. The van der Waals surface area contributed by atoms with E-state index in [1.54, 1.807) is 16.7 Å². The number of aromatic amines is 1. The number of carbonyl (C=O) groups is 1. The fourth-order valence-electron chi connectivity index (χ4n) is 1.71. The highest BCUT2D eigenvalue weighted by Gasteiger charge is 2.25. The minimum Gasteiger partial charge on any atom is -0.335 e. The van der Waals surface area contributed by atoms with Crippen molar-refractivity contribution in [2.75, 3.05) is 19.1 Å². The molecule has 1 heterocycles. The largest absolute Gasteiger partial charge is 0.335 e. The molecular weight excluding hydrogens is 260 g/mol. The highest BCUT2D eigenvalue weighted by atomic mass is 32.2. The van der Waals surface area contributed by atoms with Gasteiger partial charge in [-0.2, -0.15) is 11.8 Å². The molecule has 0 aliphatic heterocycles. The summed E-state index contributed by atoms with van der Waals surface area (Å²) in [5.74, 6) is 1.80. The van der Waals surface area contributed by atoms with Gasteiger partial charge in [-0.15, -0.1) is 5.10 Å². The molecule has 0 bridgehead atoms. The van der Waals surface area contributed by atoms with E-state index in [9.17, 15) is 4.79 Å². The van der Waals surface area contributed by atoms with Gasteiger partial charge < -0.3 is 4.90 Å². The van der Waals surface area contributed by atoms with Crippen LogP contribution in [0.5, 0.6) is 0 Å². The lowest BCUT2D eigenvalue weighted by Gasteiger charge is -2.25. The average molecular weight is 284 g/mol. The summed E-state index contributed by atoms with van der Waals surface area (Å²) < 4.78 is 0. The van der Waals surface area contributed by atoms with Crippen LogP contribution in [-0.2, 0) is 5.41 Å². The highest BCUT2D eigenvalue weighted by Crippen LogP contribution is 2.18. The molecule has 0 aliphatic carbocycles. The smallest absolute Gasteiger partial charge is 0.293 e. The van der Waals surface area contributed by atoms with Crippen LogP contribution in [0.15, 0.2) is 0 Å². The number of nitrogens with one attached hydrogen (secondary N) is 1. The molecule has 0 saturated carbocycles. The second-order valence-corrected chi connectivity index (χ2v) is 6.60. The van der Waals surface area contributed by atoms with Crippen molar-refractivity contribution < 1.29 is 4.79 Å². The molecular formula is C13H24N4OS. The molecule has 19 heavy (non-hydrogen) atoms. The van der Waals surface area contributed by atoms with Crippen molar-refractivity contribution in [1.29, 1.82) is 0 Å². The van der Waals surface area contributed by atoms with Crippen LogP contribution in [0, 0.1) is 0 Å². The normalized spacial score (nSPS) is 13.4. The third kappa shape index (κ3) is 3.96. The van der Waals surface area contributed by atoms with E-state index in [2.05, 4.69) is 22.1 Å². The zero-order valence-electron chi connectivity index (χ0n) is 12.6. The van der Waals surface area contributed by atoms with Gasteiger partial charge in [0.1, 0.15) is 5.82 Å². The maximum Gasteiger partial charge on any atom is 0.293 e. The Morgan fingerprint density at radius 3 is 2.53 bits per heavy atom. The molecule has 1 rings (SSSR count). The van der Waals surface area contributed by atoms with Crippen molar-refractivity contribution in [2.45, 2.75) is 45.6 Å². The van der Waals surface area contributed by atoms with Crippen molar-refractivity contribution in [2.24, 2.45) is 0 Å². The maximum absolute atomic E-state index is 12.3. The van der Waals surface area contributed by atoms with Crippen molar-refractivity contribution in [3.63, 3.8) is 0 Å². The Bertz CT molecular complexity index is 425. The molecule has 0 saturated heterocycles. The van der Waals surface area contributed by atoms with Gasteiger partial charge in [-0.1, -0.05) is 27.7 Å². The number of carbonyl (C=O) groups excluding carboxylic acids is 1. The average Bonchev–Trinajstić information content (AvgIpc) is 2.83. The van der Waals surface area contributed by atoms with Gasteiger partial charge in [-0.25, -0.2) is 4.98 Å². The molecule has 108 valence electrons. The van der Waals surface area contributed by atoms with E-state index < -0.39 is 0 Å². The van der Waals surface area contributed by atoms with Crippen molar-refractivity contribution >= 4 is 17.7 Å². The zero-order chi connectivity index (χ0) is 14.6. The molecule has 0 radical (unpaired) electrons. The molecule has 1 unspecified atom stereocenters. The number of nitrogens with zero attached hydrogens (tertiary/aromatic N) is 3. The van der Waals surface area contributed by atoms with Gasteiger partial charge in [0.05, 0.1) is 0 Å². The second kappa shape index (κ2) is 6.41. The maximum atomic E-state index is 12.3. The summed E-state index contributed by atoms with van der Waals surface area (Å²) in [7, 11) is 1.82. The number of hydrogen-bond donors (Lipinski definition) is 1. The molecule has 0 aliphatic rings. The summed E-state index contributed by atoms with van der Waals surface area (Å²) >= 11 is 1.74. The summed E-state index contributed by atoms with van der Waals surface area (Å²) in [4.78, 5) is 18.4. The van der Waals surface area contributed by atoms with E-state index in [0.717, 1.165) is 18.0 Å². The summed E-state index contributed by atoms with van der Waals surface area (Å²) in [5, 5.41) is 6.90. The predicted octanol–water partition coefficient (Wildman–Crippen LogP) is 2.32. The van der Waals surface area contributed by atoms with E-state index in [4.69, 9.17) is 0 Å². The number of aromatic nitrogens is 3. The molecule has 1 N–H and O–H groups in total. The Hall–Kier alpha value is -1.04. The second-order valence-electron chi connectivity index (χ2n) is 5.69. The Morgan fingerprint density at radius 1 is 1.47 bits per heavy atom. The van der Waals surface area contributed by atoms with Crippen LogP contribution in [0.2, 0.25) is 0 Å². The zero-order valence-corrected chi connectivity index (χ0v) is 13.5. The van der Waals surface area contributed by atoms with E-state index >= 15 is 0 Å². The van der Waals surface area contributed by atoms with E-state index in [1.807, 2.05) is 34.1 Å². The van der Waals surface area contributed by atoms with Crippen LogP contribution >= 0.6 is 11.8 Å². The molecule has 0 aromatic carbocycles. The predicted molar refractivity (Wildman–Crippen MR) is 79.6 cm³/mol. The summed E-state index contributed by atoms with van der Waals surface area (Å²) in [6.07, 6.45) is 2.98. The first-order valence-electron chi connectivity index (χ1n) is 6.50. The van der Waals surface area contributed by atoms with Gasteiger partial charge in [-0.3, -0.25) is 9.89 Å². The van der Waals surface area contributed by atoms with Crippen LogP contribution in [0.4, 0.5) is 0 Å². The Balaban J connectivity index is 2.85.